The molecule has 1 rings (SSSR count). The summed E-state index contributed by atoms with van der Waals surface area (Å²) >= 11 is 0. The highest BCUT2D eigenvalue weighted by Crippen LogP contribution is 2.16. The maximum Gasteiger partial charge on any atom is 0.252 e. The van der Waals surface area contributed by atoms with Gasteiger partial charge in [0.25, 0.3) is 5.91 Å². The Kier molecular flexibility index (Phi) is 4.62. The quantitative estimate of drug-likeness (QED) is 0.621. The Morgan fingerprint density at radius 2 is 2.12 bits per heavy atom. The fourth-order valence-electron chi connectivity index (χ4n) is 1.81. The summed E-state index contributed by atoms with van der Waals surface area (Å²) in [6.07, 6.45) is 0.373. The molecule has 1 fully saturated rings. The van der Waals surface area contributed by atoms with E-state index in [4.69, 9.17) is 0 Å². The maximum atomic E-state index is 11.8. The van der Waals surface area contributed by atoms with Gasteiger partial charge in [0.2, 0.25) is 11.8 Å². The monoisotopic (exact) mass is 241 g/mol. The molecule has 0 bridgehead atoms. The van der Waals surface area contributed by atoms with E-state index in [1.165, 1.54) is 4.90 Å². The minimum atomic E-state index is -0.686. The second-order valence-corrected chi connectivity index (χ2v) is 4.37. The molecule has 6 heteroatoms. The molecular formula is C11H19N3O3. The third-order valence-corrected chi connectivity index (χ3v) is 2.64. The van der Waals surface area contributed by atoms with Crippen LogP contribution in [0.5, 0.6) is 0 Å². The lowest BCUT2D eigenvalue weighted by molar-refractivity contribution is -0.141. The molecule has 1 saturated heterocycles. The van der Waals surface area contributed by atoms with Gasteiger partial charge in [-0.3, -0.25) is 19.3 Å². The van der Waals surface area contributed by atoms with E-state index in [1.807, 2.05) is 0 Å². The zero-order valence-corrected chi connectivity index (χ0v) is 10.4. The fraction of sp³-hybridized carbons (Fsp3) is 0.727. The average Bonchev–Trinajstić information content (AvgIpc) is 2.51. The van der Waals surface area contributed by atoms with Crippen LogP contribution in [0.1, 0.15) is 26.7 Å². The van der Waals surface area contributed by atoms with E-state index < -0.39 is 6.04 Å². The summed E-state index contributed by atoms with van der Waals surface area (Å²) in [6, 6.07) is -0.844. The third kappa shape index (κ3) is 3.26. The smallest absolute Gasteiger partial charge is 0.252 e. The molecule has 0 aromatic rings. The number of likely N-dealkylation sites (tertiary alicyclic amines) is 1. The Labute approximate surface area is 101 Å². The topological polar surface area (TPSA) is 78.5 Å². The first kappa shape index (κ1) is 13.6. The molecule has 0 aromatic carbocycles. The van der Waals surface area contributed by atoms with Crippen molar-refractivity contribution in [3.05, 3.63) is 0 Å². The van der Waals surface area contributed by atoms with Crippen molar-refractivity contribution in [2.24, 2.45) is 0 Å². The van der Waals surface area contributed by atoms with Crippen LogP contribution in [0.4, 0.5) is 0 Å². The number of amides is 3. The molecule has 1 heterocycles. The molecule has 1 atom stereocenters. The van der Waals surface area contributed by atoms with Crippen molar-refractivity contribution in [3.63, 3.8) is 0 Å². The number of rotatable bonds is 5. The summed E-state index contributed by atoms with van der Waals surface area (Å²) in [5, 5.41) is 5.44. The molecule has 0 aromatic heterocycles. The molecule has 17 heavy (non-hydrogen) atoms. The van der Waals surface area contributed by atoms with Gasteiger partial charge >= 0.3 is 0 Å². The molecule has 0 aliphatic carbocycles. The van der Waals surface area contributed by atoms with Crippen molar-refractivity contribution >= 4 is 17.7 Å². The zero-order chi connectivity index (χ0) is 13.0. The van der Waals surface area contributed by atoms with Gasteiger partial charge in [-0.05, 0) is 20.9 Å². The van der Waals surface area contributed by atoms with Gasteiger partial charge in [0, 0.05) is 19.0 Å². The van der Waals surface area contributed by atoms with Crippen molar-refractivity contribution in [2.45, 2.75) is 38.8 Å². The van der Waals surface area contributed by atoms with Crippen LogP contribution in [0.3, 0.4) is 0 Å². The fourth-order valence-corrected chi connectivity index (χ4v) is 1.81. The van der Waals surface area contributed by atoms with Crippen molar-refractivity contribution in [1.29, 1.82) is 0 Å². The Bertz CT molecular complexity index is 328. The summed E-state index contributed by atoms with van der Waals surface area (Å²) in [5.41, 5.74) is 0. The molecule has 0 spiro atoms. The van der Waals surface area contributed by atoms with E-state index in [0.717, 1.165) is 0 Å². The summed E-state index contributed by atoms with van der Waals surface area (Å²) in [4.78, 5) is 36.1. The number of carbonyl (C=O) groups is 3. The van der Waals surface area contributed by atoms with Crippen molar-refractivity contribution in [1.82, 2.24) is 15.5 Å². The largest absolute Gasteiger partial charge is 0.344 e. The van der Waals surface area contributed by atoms with Crippen LogP contribution in [-0.4, -0.2) is 48.3 Å². The number of nitrogens with zero attached hydrogens (tertiary/aromatic N) is 1. The summed E-state index contributed by atoms with van der Waals surface area (Å²) in [7, 11) is 1.75. The Morgan fingerprint density at radius 1 is 1.47 bits per heavy atom. The molecule has 1 unspecified atom stereocenters. The molecule has 1 aliphatic rings. The highest BCUT2D eigenvalue weighted by Gasteiger charge is 2.40. The SMILES string of the molecule is CNCCC(=O)NC1CC(=O)N(C(C)C)C1=O. The van der Waals surface area contributed by atoms with Gasteiger partial charge in [-0.15, -0.1) is 0 Å². The molecule has 6 nitrogen and oxygen atoms in total. The predicted molar refractivity (Wildman–Crippen MR) is 62.1 cm³/mol. The van der Waals surface area contributed by atoms with Gasteiger partial charge in [-0.2, -0.15) is 0 Å². The van der Waals surface area contributed by atoms with Gasteiger partial charge in [0.1, 0.15) is 6.04 Å². The van der Waals surface area contributed by atoms with E-state index in [2.05, 4.69) is 10.6 Å². The first-order valence-corrected chi connectivity index (χ1v) is 5.77. The van der Waals surface area contributed by atoms with E-state index in [-0.39, 0.29) is 30.2 Å². The first-order chi connectivity index (χ1) is 7.97. The van der Waals surface area contributed by atoms with E-state index in [0.29, 0.717) is 13.0 Å². The summed E-state index contributed by atoms with van der Waals surface area (Å²) in [6.45, 7) is 4.11. The van der Waals surface area contributed by atoms with Crippen LogP contribution in [0.15, 0.2) is 0 Å². The minimum Gasteiger partial charge on any atom is -0.344 e. The lowest BCUT2D eigenvalue weighted by Crippen LogP contribution is -2.44. The maximum absolute atomic E-state index is 11.8. The standard InChI is InChI=1S/C11H19N3O3/c1-7(2)14-10(16)6-8(11(14)17)13-9(15)4-5-12-3/h7-8,12H,4-6H2,1-3H3,(H,13,15). The van der Waals surface area contributed by atoms with Crippen LogP contribution in [0.25, 0.3) is 0 Å². The number of hydrogen-bond donors (Lipinski definition) is 2. The molecule has 3 amide bonds. The van der Waals surface area contributed by atoms with Crippen LogP contribution in [0.2, 0.25) is 0 Å². The van der Waals surface area contributed by atoms with Crippen LogP contribution in [0, 0.1) is 0 Å². The van der Waals surface area contributed by atoms with Gasteiger partial charge in [-0.25, -0.2) is 0 Å². The first-order valence-electron chi connectivity index (χ1n) is 5.77. The predicted octanol–water partition coefficient (Wildman–Crippen LogP) is -0.752. The Hall–Kier alpha value is -1.43. The average molecular weight is 241 g/mol. The lowest BCUT2D eigenvalue weighted by Gasteiger charge is -2.19. The van der Waals surface area contributed by atoms with Crippen LogP contribution < -0.4 is 10.6 Å². The molecule has 0 saturated carbocycles. The van der Waals surface area contributed by atoms with Crippen LogP contribution in [-0.2, 0) is 14.4 Å². The van der Waals surface area contributed by atoms with Gasteiger partial charge < -0.3 is 10.6 Å². The molecule has 1 aliphatic heterocycles. The molecule has 96 valence electrons. The van der Waals surface area contributed by atoms with E-state index >= 15 is 0 Å². The Balaban J connectivity index is 2.54. The summed E-state index contributed by atoms with van der Waals surface area (Å²) in [5.74, 6) is -0.733. The summed E-state index contributed by atoms with van der Waals surface area (Å²) < 4.78 is 0. The number of nitrogens with one attached hydrogen (secondary N) is 2. The molecule has 2 N–H and O–H groups in total. The van der Waals surface area contributed by atoms with Gasteiger partial charge in [0.05, 0.1) is 6.42 Å². The normalized spacial score (nSPS) is 20.2. The van der Waals surface area contributed by atoms with Crippen molar-refractivity contribution < 1.29 is 14.4 Å². The number of imide groups is 1. The minimum absolute atomic E-state index is 0.0717. The van der Waals surface area contributed by atoms with E-state index in [9.17, 15) is 14.4 Å². The van der Waals surface area contributed by atoms with Crippen molar-refractivity contribution in [2.75, 3.05) is 13.6 Å². The highest BCUT2D eigenvalue weighted by molar-refractivity contribution is 6.07. The van der Waals surface area contributed by atoms with Gasteiger partial charge in [-0.1, -0.05) is 0 Å². The molecule has 0 radical (unpaired) electrons. The van der Waals surface area contributed by atoms with Gasteiger partial charge in [0.15, 0.2) is 0 Å². The van der Waals surface area contributed by atoms with E-state index in [1.54, 1.807) is 20.9 Å². The zero-order valence-electron chi connectivity index (χ0n) is 10.4. The number of carbonyl (C=O) groups excluding carboxylic acids is 3. The van der Waals surface area contributed by atoms with Crippen molar-refractivity contribution in [3.8, 4) is 0 Å². The van der Waals surface area contributed by atoms with Crippen LogP contribution >= 0.6 is 0 Å². The second-order valence-electron chi connectivity index (χ2n) is 4.37. The third-order valence-electron chi connectivity index (χ3n) is 2.64. The second kappa shape index (κ2) is 5.77. The lowest BCUT2D eigenvalue weighted by atomic mass is 10.2. The molecular weight excluding hydrogens is 222 g/mol. The number of hydrogen-bond acceptors (Lipinski definition) is 4. The Morgan fingerprint density at radius 3 is 2.59 bits per heavy atom. The highest BCUT2D eigenvalue weighted by atomic mass is 16.2.